The van der Waals surface area contributed by atoms with Crippen LogP contribution < -0.4 is 5.32 Å². The fraction of sp³-hybridized carbons (Fsp3) is 0.300. The highest BCUT2D eigenvalue weighted by molar-refractivity contribution is 7.09. The molecule has 0 aliphatic carbocycles. The molecule has 90 valence electrons. The summed E-state index contributed by atoms with van der Waals surface area (Å²) in [6.45, 7) is 2.10. The highest BCUT2D eigenvalue weighted by Crippen LogP contribution is 2.17. The summed E-state index contributed by atoms with van der Waals surface area (Å²) in [5.41, 5.74) is 0.511. The van der Waals surface area contributed by atoms with Gasteiger partial charge in [0, 0.05) is 24.5 Å². The molecule has 0 aliphatic heterocycles. The molecule has 0 fully saturated rings. The van der Waals surface area contributed by atoms with Crippen LogP contribution in [0.4, 0.5) is 0 Å². The molecule has 2 rings (SSSR count). The molecule has 0 radical (unpaired) electrons. The Kier molecular flexibility index (Phi) is 3.38. The van der Waals surface area contributed by atoms with E-state index in [1.165, 1.54) is 0 Å². The van der Waals surface area contributed by atoms with E-state index in [1.54, 1.807) is 24.5 Å². The highest BCUT2D eigenvalue weighted by atomic mass is 32.1. The molecule has 0 aromatic carbocycles. The Morgan fingerprint density at radius 1 is 1.65 bits per heavy atom. The molecule has 6 nitrogen and oxygen atoms in total. The molecule has 7 heteroatoms. The van der Waals surface area contributed by atoms with Crippen molar-refractivity contribution >= 4 is 17.2 Å². The lowest BCUT2D eigenvalue weighted by Crippen LogP contribution is -2.26. The third-order valence-electron chi connectivity index (χ3n) is 2.25. The van der Waals surface area contributed by atoms with E-state index in [4.69, 9.17) is 0 Å². The van der Waals surface area contributed by atoms with Crippen LogP contribution in [0, 0.1) is 6.92 Å². The topological polar surface area (TPSA) is 90.9 Å². The van der Waals surface area contributed by atoms with Crippen molar-refractivity contribution in [2.24, 2.45) is 0 Å². The fourth-order valence-electron chi connectivity index (χ4n) is 1.33. The number of aryl methyl sites for hydroxylation is 1. The molecule has 2 heterocycles. The third-order valence-corrected chi connectivity index (χ3v) is 3.09. The first-order valence-electron chi connectivity index (χ1n) is 5.09. The predicted octanol–water partition coefficient (Wildman–Crippen LogP) is 0.853. The second-order valence-corrected chi connectivity index (χ2v) is 4.44. The van der Waals surface area contributed by atoms with E-state index in [1.807, 2.05) is 5.38 Å². The summed E-state index contributed by atoms with van der Waals surface area (Å²) in [7, 11) is 0. The van der Waals surface area contributed by atoms with Crippen molar-refractivity contribution in [3.63, 3.8) is 0 Å². The Morgan fingerprint density at radius 3 is 3.06 bits per heavy atom. The van der Waals surface area contributed by atoms with E-state index in [0.29, 0.717) is 18.7 Å². The maximum absolute atomic E-state index is 11.6. The van der Waals surface area contributed by atoms with Crippen molar-refractivity contribution in [1.29, 1.82) is 0 Å². The van der Waals surface area contributed by atoms with E-state index in [9.17, 15) is 9.90 Å². The first kappa shape index (κ1) is 11.6. The summed E-state index contributed by atoms with van der Waals surface area (Å²) >= 11 is 1.55. The van der Waals surface area contributed by atoms with Gasteiger partial charge in [0.2, 0.25) is 0 Å². The zero-order valence-electron chi connectivity index (χ0n) is 9.23. The first-order valence-corrected chi connectivity index (χ1v) is 5.97. The number of nitrogens with zero attached hydrogens (tertiary/aromatic N) is 2. The van der Waals surface area contributed by atoms with Crippen molar-refractivity contribution in [3.8, 4) is 5.75 Å². The minimum atomic E-state index is -0.361. The minimum Gasteiger partial charge on any atom is -0.504 e. The molecular weight excluding hydrogens is 240 g/mol. The number of aromatic amines is 1. The number of carbonyl (C=O) groups excluding carboxylic acids is 1. The summed E-state index contributed by atoms with van der Waals surface area (Å²) in [6, 6.07) is 0. The number of rotatable bonds is 4. The molecule has 0 unspecified atom stereocenters. The average molecular weight is 252 g/mol. The smallest absolute Gasteiger partial charge is 0.273 e. The van der Waals surface area contributed by atoms with Crippen LogP contribution in [-0.2, 0) is 6.42 Å². The van der Waals surface area contributed by atoms with Gasteiger partial charge in [-0.3, -0.25) is 9.89 Å². The Labute approximate surface area is 102 Å². The van der Waals surface area contributed by atoms with Crippen LogP contribution in [0.1, 0.15) is 21.2 Å². The zero-order chi connectivity index (χ0) is 12.3. The molecular formula is C10H12N4O2S. The maximum atomic E-state index is 11.6. The molecule has 0 atom stereocenters. The van der Waals surface area contributed by atoms with Crippen LogP contribution in [-0.4, -0.2) is 32.7 Å². The van der Waals surface area contributed by atoms with Crippen molar-refractivity contribution in [1.82, 2.24) is 20.5 Å². The van der Waals surface area contributed by atoms with E-state index in [-0.39, 0.29) is 17.4 Å². The Bertz CT molecular complexity index is 506. The molecule has 2 aromatic rings. The molecule has 1 amide bonds. The van der Waals surface area contributed by atoms with Gasteiger partial charge in [-0.2, -0.15) is 5.10 Å². The van der Waals surface area contributed by atoms with Gasteiger partial charge in [0.05, 0.1) is 5.01 Å². The van der Waals surface area contributed by atoms with Crippen molar-refractivity contribution in [3.05, 3.63) is 28.0 Å². The molecule has 2 aromatic heterocycles. The Morgan fingerprint density at radius 2 is 2.47 bits per heavy atom. The van der Waals surface area contributed by atoms with Gasteiger partial charge in [0.25, 0.3) is 5.91 Å². The third kappa shape index (κ3) is 2.62. The van der Waals surface area contributed by atoms with E-state index >= 15 is 0 Å². The molecule has 3 N–H and O–H groups in total. The van der Waals surface area contributed by atoms with Gasteiger partial charge in [-0.1, -0.05) is 0 Å². The number of carbonyl (C=O) groups is 1. The average Bonchev–Trinajstić information content (AvgIpc) is 2.91. The normalized spacial score (nSPS) is 10.4. The second kappa shape index (κ2) is 4.96. The number of hydrogen-bond acceptors (Lipinski definition) is 5. The monoisotopic (exact) mass is 252 g/mol. The molecule has 0 saturated heterocycles. The van der Waals surface area contributed by atoms with Gasteiger partial charge in [-0.05, 0) is 6.92 Å². The molecule has 0 bridgehead atoms. The number of hydrogen-bond donors (Lipinski definition) is 3. The lowest BCUT2D eigenvalue weighted by Gasteiger charge is -2.01. The fourth-order valence-corrected chi connectivity index (χ4v) is 1.95. The molecule has 0 saturated carbocycles. The number of aromatic hydroxyl groups is 1. The van der Waals surface area contributed by atoms with Gasteiger partial charge in [-0.15, -0.1) is 11.3 Å². The predicted molar refractivity (Wildman–Crippen MR) is 63.1 cm³/mol. The van der Waals surface area contributed by atoms with Crippen LogP contribution >= 0.6 is 11.3 Å². The molecule has 0 spiro atoms. The van der Waals surface area contributed by atoms with E-state index < -0.39 is 0 Å². The summed E-state index contributed by atoms with van der Waals surface area (Å²) in [4.78, 5) is 15.8. The van der Waals surface area contributed by atoms with Crippen LogP contribution in [0.3, 0.4) is 0 Å². The number of thiazole rings is 1. The maximum Gasteiger partial charge on any atom is 0.273 e. The zero-order valence-corrected chi connectivity index (χ0v) is 10.0. The Hall–Kier alpha value is -1.89. The van der Waals surface area contributed by atoms with Crippen molar-refractivity contribution in [2.45, 2.75) is 13.3 Å². The standard InChI is InChI=1S/C10H12N4O2S/c1-6-9(15)8(14-13-6)10(16)12-3-2-7-11-4-5-17-7/h4-5,15H,2-3H2,1H3,(H,12,16)(H,13,14). The summed E-state index contributed by atoms with van der Waals surface area (Å²) in [5, 5.41) is 21.3. The van der Waals surface area contributed by atoms with Gasteiger partial charge in [0.15, 0.2) is 11.4 Å². The first-order chi connectivity index (χ1) is 8.18. The van der Waals surface area contributed by atoms with Crippen LogP contribution in [0.5, 0.6) is 5.75 Å². The van der Waals surface area contributed by atoms with Gasteiger partial charge >= 0.3 is 0 Å². The van der Waals surface area contributed by atoms with Crippen molar-refractivity contribution in [2.75, 3.05) is 6.54 Å². The van der Waals surface area contributed by atoms with E-state index in [0.717, 1.165) is 5.01 Å². The largest absolute Gasteiger partial charge is 0.504 e. The number of amides is 1. The van der Waals surface area contributed by atoms with Crippen LogP contribution in [0.25, 0.3) is 0 Å². The number of nitrogens with one attached hydrogen (secondary N) is 2. The SMILES string of the molecule is Cc1n[nH]c(C(=O)NCCc2nccs2)c1O. The van der Waals surface area contributed by atoms with Crippen LogP contribution in [0.15, 0.2) is 11.6 Å². The minimum absolute atomic E-state index is 0.0987. The van der Waals surface area contributed by atoms with Crippen LogP contribution in [0.2, 0.25) is 0 Å². The quantitative estimate of drug-likeness (QED) is 0.752. The second-order valence-electron chi connectivity index (χ2n) is 3.46. The van der Waals surface area contributed by atoms with Gasteiger partial charge < -0.3 is 10.4 Å². The van der Waals surface area contributed by atoms with Gasteiger partial charge in [0.1, 0.15) is 5.69 Å². The lowest BCUT2D eigenvalue weighted by molar-refractivity contribution is 0.0946. The van der Waals surface area contributed by atoms with Gasteiger partial charge in [-0.25, -0.2) is 4.98 Å². The molecule has 17 heavy (non-hydrogen) atoms. The summed E-state index contributed by atoms with van der Waals surface area (Å²) < 4.78 is 0. The summed E-state index contributed by atoms with van der Waals surface area (Å²) in [6.07, 6.45) is 2.41. The van der Waals surface area contributed by atoms with Crippen molar-refractivity contribution < 1.29 is 9.90 Å². The number of H-pyrrole nitrogens is 1. The lowest BCUT2D eigenvalue weighted by atomic mass is 10.3. The molecule has 0 aliphatic rings. The Balaban J connectivity index is 1.87. The number of aromatic nitrogens is 3. The highest BCUT2D eigenvalue weighted by Gasteiger charge is 2.15. The summed E-state index contributed by atoms with van der Waals surface area (Å²) in [5.74, 6) is -0.462. The van der Waals surface area contributed by atoms with E-state index in [2.05, 4.69) is 20.5 Å².